The number of nitrogen functional groups attached to an aromatic ring is 1. The lowest BCUT2D eigenvalue weighted by molar-refractivity contribution is -0.116. The molecule has 2 aliphatic heterocycles. The second-order valence-corrected chi connectivity index (χ2v) is 12.4. The summed E-state index contributed by atoms with van der Waals surface area (Å²) in [7, 11) is 0. The van der Waals surface area contributed by atoms with Gasteiger partial charge in [0, 0.05) is 61.6 Å². The fraction of sp³-hybridized carbons (Fsp3) is 0.351. The molecular formula is C37H44N10O5. The number of amides is 4. The van der Waals surface area contributed by atoms with Crippen molar-refractivity contribution in [1.29, 1.82) is 0 Å². The lowest BCUT2D eigenvalue weighted by atomic mass is 10.1. The Balaban J connectivity index is 0.947. The molecule has 1 aromatic heterocycles. The molecule has 4 amide bonds. The van der Waals surface area contributed by atoms with Crippen LogP contribution in [0.1, 0.15) is 36.0 Å². The molecule has 2 saturated heterocycles. The number of aromatic nitrogens is 3. The van der Waals surface area contributed by atoms with Gasteiger partial charge in [-0.25, -0.2) is 4.79 Å². The summed E-state index contributed by atoms with van der Waals surface area (Å²) in [6.45, 7) is 5.79. The Hall–Kier alpha value is -5.80. The topological polar surface area (TPSA) is 189 Å². The number of rotatable bonds is 13. The molecule has 6 rings (SSSR count). The molecule has 0 saturated carbocycles. The normalized spacial score (nSPS) is 14.4. The van der Waals surface area contributed by atoms with E-state index in [-0.39, 0.29) is 11.8 Å². The summed E-state index contributed by atoms with van der Waals surface area (Å²) in [5, 5.41) is 11.4. The number of nitrogens with two attached hydrogens (primary N) is 1. The molecule has 3 aromatic carbocycles. The van der Waals surface area contributed by atoms with Crippen LogP contribution in [0.15, 0.2) is 72.8 Å². The van der Waals surface area contributed by atoms with Crippen molar-refractivity contribution in [3.8, 4) is 11.4 Å². The zero-order chi connectivity index (χ0) is 36.1. The summed E-state index contributed by atoms with van der Waals surface area (Å²) in [5.74, 6) is 1.48. The highest BCUT2D eigenvalue weighted by Gasteiger charge is 2.21. The number of para-hydroxylation sites is 2. The summed E-state index contributed by atoms with van der Waals surface area (Å²) in [6, 6.07) is 20.7. The molecule has 15 nitrogen and oxygen atoms in total. The second-order valence-electron chi connectivity index (χ2n) is 12.4. The third-order valence-electron chi connectivity index (χ3n) is 8.61. The first-order chi connectivity index (χ1) is 25.4. The molecule has 0 aliphatic carbocycles. The first-order valence-corrected chi connectivity index (χ1v) is 17.5. The van der Waals surface area contributed by atoms with E-state index in [0.29, 0.717) is 118 Å². The van der Waals surface area contributed by atoms with Gasteiger partial charge in [-0.1, -0.05) is 18.6 Å². The highest BCUT2D eigenvalue weighted by Crippen LogP contribution is 2.24. The second kappa shape index (κ2) is 17.9. The minimum Gasteiger partial charge on any atom is -0.397 e. The van der Waals surface area contributed by atoms with Gasteiger partial charge in [-0.15, -0.1) is 0 Å². The lowest BCUT2D eigenvalue weighted by Crippen LogP contribution is -2.40. The quantitative estimate of drug-likeness (QED) is 0.0980. The molecule has 272 valence electrons. The van der Waals surface area contributed by atoms with Crippen molar-refractivity contribution in [2.45, 2.75) is 25.7 Å². The van der Waals surface area contributed by atoms with Crippen LogP contribution < -0.4 is 36.8 Å². The number of hydrogen-bond acceptors (Lipinski definition) is 11. The zero-order valence-electron chi connectivity index (χ0n) is 29.0. The van der Waals surface area contributed by atoms with Crippen LogP contribution in [0.4, 0.5) is 39.4 Å². The standard InChI is InChI=1S/C37H44N10O5/c38-30-6-3-4-7-31(30)42-32(48)8-2-1-5-17-39-34(49)27-11-15-29(16-12-27)41-37(50)40-28-13-9-26(10-14-28)33-43-35(46-18-22-51-23-19-46)45-36(44-33)47-20-24-52-25-21-47/h3-4,6-7,9-16H,1-2,5,8,17-25,38H2,(H,39,49)(H,42,48)(H2,40,41,50). The molecule has 6 N–H and O–H groups in total. The van der Waals surface area contributed by atoms with Crippen molar-refractivity contribution in [1.82, 2.24) is 20.3 Å². The number of carbonyl (C=O) groups excluding carboxylic acids is 3. The molecule has 0 spiro atoms. The Morgan fingerprint density at radius 2 is 1.25 bits per heavy atom. The van der Waals surface area contributed by atoms with E-state index in [1.165, 1.54) is 0 Å². The van der Waals surface area contributed by atoms with E-state index in [1.54, 1.807) is 48.5 Å². The summed E-state index contributed by atoms with van der Waals surface area (Å²) in [5.41, 5.74) is 9.42. The van der Waals surface area contributed by atoms with E-state index in [1.807, 2.05) is 24.3 Å². The van der Waals surface area contributed by atoms with E-state index in [4.69, 9.17) is 30.2 Å². The van der Waals surface area contributed by atoms with Gasteiger partial charge in [0.1, 0.15) is 0 Å². The molecule has 2 fully saturated rings. The highest BCUT2D eigenvalue weighted by molar-refractivity contribution is 6.00. The van der Waals surface area contributed by atoms with Crippen LogP contribution in [0.25, 0.3) is 11.4 Å². The number of nitrogens with one attached hydrogen (secondary N) is 4. The highest BCUT2D eigenvalue weighted by atomic mass is 16.5. The molecule has 0 radical (unpaired) electrons. The number of morpholine rings is 2. The predicted molar refractivity (Wildman–Crippen MR) is 201 cm³/mol. The maximum absolute atomic E-state index is 12.8. The molecule has 0 atom stereocenters. The van der Waals surface area contributed by atoms with Gasteiger partial charge in [0.2, 0.25) is 17.8 Å². The zero-order valence-corrected chi connectivity index (χ0v) is 29.0. The summed E-state index contributed by atoms with van der Waals surface area (Å²) in [4.78, 5) is 56.1. The van der Waals surface area contributed by atoms with Gasteiger partial charge >= 0.3 is 6.03 Å². The smallest absolute Gasteiger partial charge is 0.323 e. The number of hydrogen-bond donors (Lipinski definition) is 5. The molecule has 52 heavy (non-hydrogen) atoms. The molecular weight excluding hydrogens is 664 g/mol. The van der Waals surface area contributed by atoms with Crippen LogP contribution in [-0.2, 0) is 14.3 Å². The summed E-state index contributed by atoms with van der Waals surface area (Å²) in [6.07, 6.45) is 2.62. The Morgan fingerprint density at radius 3 is 1.85 bits per heavy atom. The van der Waals surface area contributed by atoms with Gasteiger partial charge < -0.3 is 46.3 Å². The molecule has 4 aromatic rings. The Morgan fingerprint density at radius 1 is 0.673 bits per heavy atom. The van der Waals surface area contributed by atoms with Gasteiger partial charge in [-0.3, -0.25) is 9.59 Å². The van der Waals surface area contributed by atoms with Crippen molar-refractivity contribution in [2.24, 2.45) is 0 Å². The van der Waals surface area contributed by atoms with Crippen LogP contribution in [0.5, 0.6) is 0 Å². The van der Waals surface area contributed by atoms with E-state index in [9.17, 15) is 14.4 Å². The Labute approximate surface area is 302 Å². The monoisotopic (exact) mass is 708 g/mol. The average molecular weight is 709 g/mol. The Bertz CT molecular complexity index is 1770. The number of anilines is 6. The largest absolute Gasteiger partial charge is 0.397 e. The van der Waals surface area contributed by atoms with Crippen LogP contribution in [-0.4, -0.2) is 91.9 Å². The van der Waals surface area contributed by atoms with Crippen molar-refractivity contribution >= 4 is 52.5 Å². The summed E-state index contributed by atoms with van der Waals surface area (Å²) < 4.78 is 11.0. The Kier molecular flexibility index (Phi) is 12.4. The number of urea groups is 1. The lowest BCUT2D eigenvalue weighted by Gasteiger charge is -2.30. The number of ether oxygens (including phenoxy) is 2. The van der Waals surface area contributed by atoms with E-state index >= 15 is 0 Å². The van der Waals surface area contributed by atoms with Crippen molar-refractivity contribution in [3.05, 3.63) is 78.4 Å². The number of unbranched alkanes of at least 4 members (excludes halogenated alkanes) is 2. The molecule has 15 heteroatoms. The van der Waals surface area contributed by atoms with Crippen LogP contribution in [0.2, 0.25) is 0 Å². The first-order valence-electron chi connectivity index (χ1n) is 17.5. The minimum atomic E-state index is -0.421. The fourth-order valence-corrected chi connectivity index (χ4v) is 5.71. The van der Waals surface area contributed by atoms with Crippen LogP contribution in [0, 0.1) is 0 Å². The predicted octanol–water partition coefficient (Wildman–Crippen LogP) is 4.37. The number of nitrogens with zero attached hydrogens (tertiary/aromatic N) is 5. The van der Waals surface area contributed by atoms with E-state index < -0.39 is 6.03 Å². The maximum atomic E-state index is 12.8. The molecule has 2 aliphatic rings. The van der Waals surface area contributed by atoms with Gasteiger partial charge in [0.15, 0.2) is 5.82 Å². The van der Waals surface area contributed by atoms with E-state index in [0.717, 1.165) is 18.4 Å². The third kappa shape index (κ3) is 10.1. The number of benzene rings is 3. The van der Waals surface area contributed by atoms with Gasteiger partial charge in [-0.05, 0) is 73.5 Å². The van der Waals surface area contributed by atoms with Gasteiger partial charge in [0.25, 0.3) is 5.91 Å². The first kappa shape index (κ1) is 36.0. The summed E-state index contributed by atoms with van der Waals surface area (Å²) >= 11 is 0. The van der Waals surface area contributed by atoms with Crippen LogP contribution >= 0.6 is 0 Å². The minimum absolute atomic E-state index is 0.0880. The SMILES string of the molecule is Nc1ccccc1NC(=O)CCCCCNC(=O)c1ccc(NC(=O)Nc2ccc(-c3nc(N4CCOCC4)nc(N4CCOCC4)n3)cc2)cc1. The van der Waals surface area contributed by atoms with Crippen LogP contribution in [0.3, 0.4) is 0 Å². The molecule has 3 heterocycles. The number of carbonyl (C=O) groups is 3. The average Bonchev–Trinajstić information content (AvgIpc) is 3.18. The van der Waals surface area contributed by atoms with Gasteiger partial charge in [-0.2, -0.15) is 15.0 Å². The van der Waals surface area contributed by atoms with E-state index in [2.05, 4.69) is 31.1 Å². The van der Waals surface area contributed by atoms with Crippen molar-refractivity contribution in [2.75, 3.05) is 90.6 Å². The maximum Gasteiger partial charge on any atom is 0.323 e. The van der Waals surface area contributed by atoms with Gasteiger partial charge in [0.05, 0.1) is 37.8 Å². The third-order valence-corrected chi connectivity index (χ3v) is 8.61. The molecule has 0 bridgehead atoms. The fourth-order valence-electron chi connectivity index (χ4n) is 5.71. The molecule has 0 unspecified atom stereocenters. The van der Waals surface area contributed by atoms with Crippen molar-refractivity contribution in [3.63, 3.8) is 0 Å². The van der Waals surface area contributed by atoms with Crippen molar-refractivity contribution < 1.29 is 23.9 Å².